The second kappa shape index (κ2) is 7.36. The Morgan fingerprint density at radius 3 is 2.48 bits per heavy atom. The molecule has 1 fully saturated rings. The van der Waals surface area contributed by atoms with Crippen LogP contribution in [0.3, 0.4) is 0 Å². The zero-order valence-electron chi connectivity index (χ0n) is 14.3. The van der Waals surface area contributed by atoms with Crippen molar-refractivity contribution in [2.75, 3.05) is 31.1 Å². The number of piperazine rings is 1. The predicted molar refractivity (Wildman–Crippen MR) is 99.3 cm³/mol. The van der Waals surface area contributed by atoms with E-state index in [0.717, 1.165) is 5.69 Å². The maximum absolute atomic E-state index is 13.0. The summed E-state index contributed by atoms with van der Waals surface area (Å²) in [6.07, 6.45) is 0. The number of aromatic nitrogens is 2. The standard InChI is InChI=1S/C19H16ClFN4O2/c20-14-2-1-3-16(12-14)24-8-10-25(11-9-24)19(26)18-23-22-17(27-18)13-4-6-15(21)7-5-13/h1-7,12H,8-11H2. The maximum atomic E-state index is 13.0. The Kier molecular flexibility index (Phi) is 4.77. The van der Waals surface area contributed by atoms with Crippen molar-refractivity contribution in [1.29, 1.82) is 0 Å². The molecule has 1 amide bonds. The van der Waals surface area contributed by atoms with Gasteiger partial charge in [-0.3, -0.25) is 4.79 Å². The second-order valence-corrected chi connectivity index (χ2v) is 6.61. The highest BCUT2D eigenvalue weighted by Crippen LogP contribution is 2.22. The number of anilines is 1. The van der Waals surface area contributed by atoms with Gasteiger partial charge in [0, 0.05) is 42.5 Å². The molecule has 0 spiro atoms. The maximum Gasteiger partial charge on any atom is 0.311 e. The molecule has 6 nitrogen and oxygen atoms in total. The van der Waals surface area contributed by atoms with Gasteiger partial charge in [0.05, 0.1) is 0 Å². The molecular weight excluding hydrogens is 371 g/mol. The van der Waals surface area contributed by atoms with Crippen LogP contribution in [0.15, 0.2) is 52.9 Å². The summed E-state index contributed by atoms with van der Waals surface area (Å²) < 4.78 is 18.5. The van der Waals surface area contributed by atoms with Gasteiger partial charge in [-0.1, -0.05) is 17.7 Å². The summed E-state index contributed by atoms with van der Waals surface area (Å²) in [5.41, 5.74) is 1.60. The van der Waals surface area contributed by atoms with E-state index in [9.17, 15) is 9.18 Å². The highest BCUT2D eigenvalue weighted by atomic mass is 35.5. The molecule has 138 valence electrons. The molecule has 2 heterocycles. The number of carbonyl (C=O) groups excluding carboxylic acids is 1. The monoisotopic (exact) mass is 386 g/mol. The molecule has 4 rings (SSSR count). The lowest BCUT2D eigenvalue weighted by Gasteiger charge is -2.35. The van der Waals surface area contributed by atoms with Gasteiger partial charge in [0.25, 0.3) is 0 Å². The van der Waals surface area contributed by atoms with Crippen molar-refractivity contribution in [3.05, 3.63) is 65.3 Å². The first-order valence-corrected chi connectivity index (χ1v) is 8.87. The van der Waals surface area contributed by atoms with E-state index in [1.165, 1.54) is 24.3 Å². The van der Waals surface area contributed by atoms with E-state index in [-0.39, 0.29) is 23.5 Å². The van der Waals surface area contributed by atoms with Crippen molar-refractivity contribution < 1.29 is 13.6 Å². The largest absolute Gasteiger partial charge is 0.412 e. The molecule has 0 radical (unpaired) electrons. The van der Waals surface area contributed by atoms with Gasteiger partial charge in [-0.25, -0.2) is 4.39 Å². The Hall–Kier alpha value is -2.93. The van der Waals surface area contributed by atoms with Crippen LogP contribution in [-0.4, -0.2) is 47.2 Å². The molecule has 1 saturated heterocycles. The van der Waals surface area contributed by atoms with Gasteiger partial charge >= 0.3 is 11.8 Å². The molecule has 2 aromatic carbocycles. The number of carbonyl (C=O) groups is 1. The van der Waals surface area contributed by atoms with E-state index >= 15 is 0 Å². The van der Waals surface area contributed by atoms with Crippen LogP contribution < -0.4 is 4.90 Å². The van der Waals surface area contributed by atoms with E-state index < -0.39 is 0 Å². The summed E-state index contributed by atoms with van der Waals surface area (Å²) in [6, 6.07) is 13.3. The number of amides is 1. The zero-order valence-corrected chi connectivity index (χ0v) is 15.1. The fourth-order valence-corrected chi connectivity index (χ4v) is 3.18. The minimum atomic E-state index is -0.355. The molecule has 1 aliphatic heterocycles. The molecule has 1 aromatic heterocycles. The van der Waals surface area contributed by atoms with Gasteiger partial charge < -0.3 is 14.2 Å². The molecular formula is C19H16ClFN4O2. The molecule has 0 bridgehead atoms. The molecule has 0 aliphatic carbocycles. The lowest BCUT2D eigenvalue weighted by Crippen LogP contribution is -2.48. The van der Waals surface area contributed by atoms with E-state index in [0.29, 0.717) is 36.8 Å². The quantitative estimate of drug-likeness (QED) is 0.689. The van der Waals surface area contributed by atoms with Crippen molar-refractivity contribution in [3.63, 3.8) is 0 Å². The zero-order chi connectivity index (χ0) is 18.8. The van der Waals surface area contributed by atoms with Crippen molar-refractivity contribution in [1.82, 2.24) is 15.1 Å². The summed E-state index contributed by atoms with van der Waals surface area (Å²) in [7, 11) is 0. The Labute approximate surface area is 160 Å². The van der Waals surface area contributed by atoms with E-state index in [2.05, 4.69) is 15.1 Å². The number of benzene rings is 2. The molecule has 0 saturated carbocycles. The third-order valence-electron chi connectivity index (χ3n) is 4.44. The summed E-state index contributed by atoms with van der Waals surface area (Å²) in [5.74, 6) is -0.532. The van der Waals surface area contributed by atoms with Crippen molar-refractivity contribution in [2.45, 2.75) is 0 Å². The average Bonchev–Trinajstić information content (AvgIpc) is 3.18. The van der Waals surface area contributed by atoms with Crippen molar-refractivity contribution in [3.8, 4) is 11.5 Å². The van der Waals surface area contributed by atoms with Gasteiger partial charge in [-0.15, -0.1) is 10.2 Å². The summed E-state index contributed by atoms with van der Waals surface area (Å²) in [4.78, 5) is 16.5. The Balaban J connectivity index is 1.42. The topological polar surface area (TPSA) is 62.5 Å². The molecule has 0 unspecified atom stereocenters. The first-order chi connectivity index (χ1) is 13.1. The summed E-state index contributed by atoms with van der Waals surface area (Å²) in [5, 5.41) is 8.42. The average molecular weight is 387 g/mol. The number of hydrogen-bond donors (Lipinski definition) is 0. The van der Waals surface area contributed by atoms with Crippen LogP contribution in [0, 0.1) is 5.82 Å². The van der Waals surface area contributed by atoms with Crippen LogP contribution >= 0.6 is 11.6 Å². The minimum Gasteiger partial charge on any atom is -0.412 e. The fraction of sp³-hybridized carbons (Fsp3) is 0.211. The number of rotatable bonds is 3. The smallest absolute Gasteiger partial charge is 0.311 e. The molecule has 0 atom stereocenters. The lowest BCUT2D eigenvalue weighted by molar-refractivity contribution is 0.0707. The number of nitrogens with zero attached hydrogens (tertiary/aromatic N) is 4. The first kappa shape index (κ1) is 17.5. The Bertz CT molecular complexity index is 952. The number of halogens is 2. The van der Waals surface area contributed by atoms with Crippen LogP contribution in [0.1, 0.15) is 10.7 Å². The molecule has 3 aromatic rings. The van der Waals surface area contributed by atoms with Crippen LogP contribution in [0.25, 0.3) is 11.5 Å². The van der Waals surface area contributed by atoms with Crippen molar-refractivity contribution in [2.24, 2.45) is 0 Å². The highest BCUT2D eigenvalue weighted by molar-refractivity contribution is 6.30. The van der Waals surface area contributed by atoms with Gasteiger partial charge in [-0.2, -0.15) is 0 Å². The van der Waals surface area contributed by atoms with Crippen LogP contribution in [0.2, 0.25) is 5.02 Å². The van der Waals surface area contributed by atoms with Crippen LogP contribution in [0.4, 0.5) is 10.1 Å². The normalized spacial score (nSPS) is 14.4. The molecule has 0 N–H and O–H groups in total. The van der Waals surface area contributed by atoms with E-state index in [4.69, 9.17) is 16.0 Å². The molecule has 1 aliphatic rings. The third kappa shape index (κ3) is 3.78. The first-order valence-electron chi connectivity index (χ1n) is 8.49. The van der Waals surface area contributed by atoms with Crippen molar-refractivity contribution >= 4 is 23.2 Å². The fourth-order valence-electron chi connectivity index (χ4n) is 2.99. The second-order valence-electron chi connectivity index (χ2n) is 6.18. The SMILES string of the molecule is O=C(c1nnc(-c2ccc(F)cc2)o1)N1CCN(c2cccc(Cl)c2)CC1. The predicted octanol–water partition coefficient (Wildman–Crippen LogP) is 3.49. The van der Waals surface area contributed by atoms with Crippen LogP contribution in [-0.2, 0) is 0 Å². The highest BCUT2D eigenvalue weighted by Gasteiger charge is 2.26. The van der Waals surface area contributed by atoms with Gasteiger partial charge in [0.2, 0.25) is 5.89 Å². The summed E-state index contributed by atoms with van der Waals surface area (Å²) >= 11 is 6.05. The van der Waals surface area contributed by atoms with E-state index in [1.807, 2.05) is 24.3 Å². The van der Waals surface area contributed by atoms with Gasteiger partial charge in [0.15, 0.2) is 0 Å². The Morgan fingerprint density at radius 1 is 1.04 bits per heavy atom. The van der Waals surface area contributed by atoms with Gasteiger partial charge in [-0.05, 0) is 42.5 Å². The van der Waals surface area contributed by atoms with E-state index in [1.54, 1.807) is 4.90 Å². The lowest BCUT2D eigenvalue weighted by atomic mass is 10.2. The van der Waals surface area contributed by atoms with Gasteiger partial charge in [0.1, 0.15) is 5.82 Å². The minimum absolute atomic E-state index is 0.0643. The Morgan fingerprint density at radius 2 is 1.78 bits per heavy atom. The molecule has 27 heavy (non-hydrogen) atoms. The molecule has 8 heteroatoms. The summed E-state index contributed by atoms with van der Waals surface area (Å²) in [6.45, 7) is 2.45. The van der Waals surface area contributed by atoms with Crippen LogP contribution in [0.5, 0.6) is 0 Å². The number of hydrogen-bond acceptors (Lipinski definition) is 5. The third-order valence-corrected chi connectivity index (χ3v) is 4.67.